The van der Waals surface area contributed by atoms with E-state index in [9.17, 15) is 5.11 Å². The predicted octanol–water partition coefficient (Wildman–Crippen LogP) is 1.21. The number of nitrogens with one attached hydrogen (secondary N) is 1. The maximum Gasteiger partial charge on any atom is 0.116 e. The SMILES string of the molecule is NC1CCNc2ccc(O)cc21. The normalized spacial score (nSPS) is 21.2. The summed E-state index contributed by atoms with van der Waals surface area (Å²) in [5.41, 5.74) is 7.93. The highest BCUT2D eigenvalue weighted by Gasteiger charge is 2.15. The molecular formula is C9H12N2O. The molecule has 0 aromatic heterocycles. The molecule has 1 aromatic carbocycles. The van der Waals surface area contributed by atoms with Crippen LogP contribution in [0.4, 0.5) is 5.69 Å². The van der Waals surface area contributed by atoms with Gasteiger partial charge in [0.15, 0.2) is 0 Å². The molecule has 1 unspecified atom stereocenters. The first-order chi connectivity index (χ1) is 5.77. The highest BCUT2D eigenvalue weighted by molar-refractivity contribution is 5.56. The van der Waals surface area contributed by atoms with Gasteiger partial charge in [0, 0.05) is 18.3 Å². The Hall–Kier alpha value is -1.22. The lowest BCUT2D eigenvalue weighted by Gasteiger charge is -2.23. The van der Waals surface area contributed by atoms with Crippen LogP contribution in [0, 0.1) is 0 Å². The number of fused-ring (bicyclic) bond motifs is 1. The van der Waals surface area contributed by atoms with E-state index >= 15 is 0 Å². The van der Waals surface area contributed by atoms with E-state index in [1.54, 1.807) is 12.1 Å². The molecule has 0 aliphatic carbocycles. The molecule has 12 heavy (non-hydrogen) atoms. The summed E-state index contributed by atoms with van der Waals surface area (Å²) in [5, 5.41) is 12.5. The van der Waals surface area contributed by atoms with Crippen LogP contribution in [0.5, 0.6) is 5.75 Å². The molecule has 0 saturated heterocycles. The lowest BCUT2D eigenvalue weighted by atomic mass is 9.99. The molecule has 1 atom stereocenters. The number of hydrogen-bond acceptors (Lipinski definition) is 3. The Balaban J connectivity index is 2.47. The molecule has 1 aliphatic heterocycles. The number of benzene rings is 1. The second-order valence-corrected chi connectivity index (χ2v) is 3.09. The molecule has 0 saturated carbocycles. The summed E-state index contributed by atoms with van der Waals surface area (Å²) < 4.78 is 0. The van der Waals surface area contributed by atoms with Gasteiger partial charge < -0.3 is 16.2 Å². The fourth-order valence-electron chi connectivity index (χ4n) is 1.54. The van der Waals surface area contributed by atoms with Crippen LogP contribution in [0.25, 0.3) is 0 Å². The Morgan fingerprint density at radius 2 is 2.33 bits per heavy atom. The van der Waals surface area contributed by atoms with Crippen molar-refractivity contribution in [3.63, 3.8) is 0 Å². The second kappa shape index (κ2) is 2.68. The van der Waals surface area contributed by atoms with E-state index in [0.29, 0.717) is 0 Å². The summed E-state index contributed by atoms with van der Waals surface area (Å²) in [7, 11) is 0. The van der Waals surface area contributed by atoms with Gasteiger partial charge in [-0.15, -0.1) is 0 Å². The Morgan fingerprint density at radius 3 is 3.17 bits per heavy atom. The minimum Gasteiger partial charge on any atom is -0.508 e. The maximum absolute atomic E-state index is 9.22. The Labute approximate surface area is 71.2 Å². The molecule has 3 nitrogen and oxygen atoms in total. The van der Waals surface area contributed by atoms with Crippen molar-refractivity contribution in [2.75, 3.05) is 11.9 Å². The lowest BCUT2D eigenvalue weighted by Crippen LogP contribution is -2.22. The summed E-state index contributed by atoms with van der Waals surface area (Å²) in [6.45, 7) is 0.916. The monoisotopic (exact) mass is 164 g/mol. The predicted molar refractivity (Wildman–Crippen MR) is 48.1 cm³/mol. The van der Waals surface area contributed by atoms with Crippen LogP contribution in [-0.2, 0) is 0 Å². The minimum absolute atomic E-state index is 0.0633. The van der Waals surface area contributed by atoms with Crippen molar-refractivity contribution in [2.24, 2.45) is 5.73 Å². The van der Waals surface area contributed by atoms with Gasteiger partial charge in [-0.05, 0) is 30.2 Å². The highest BCUT2D eigenvalue weighted by Crippen LogP contribution is 2.30. The van der Waals surface area contributed by atoms with Gasteiger partial charge >= 0.3 is 0 Å². The molecule has 0 radical (unpaired) electrons. The van der Waals surface area contributed by atoms with Crippen LogP contribution in [0.3, 0.4) is 0 Å². The molecule has 0 amide bonds. The van der Waals surface area contributed by atoms with Gasteiger partial charge in [-0.1, -0.05) is 0 Å². The fourth-order valence-corrected chi connectivity index (χ4v) is 1.54. The number of rotatable bonds is 0. The van der Waals surface area contributed by atoms with Crippen LogP contribution in [0.1, 0.15) is 18.0 Å². The van der Waals surface area contributed by atoms with Crippen molar-refractivity contribution in [2.45, 2.75) is 12.5 Å². The van der Waals surface area contributed by atoms with E-state index in [4.69, 9.17) is 5.73 Å². The molecule has 1 aliphatic rings. The Bertz CT molecular complexity index is 299. The Kier molecular flexibility index (Phi) is 1.66. The molecule has 64 valence electrons. The summed E-state index contributed by atoms with van der Waals surface area (Å²) in [6, 6.07) is 5.33. The molecular weight excluding hydrogens is 152 g/mol. The molecule has 2 rings (SSSR count). The zero-order chi connectivity index (χ0) is 8.55. The standard InChI is InChI=1S/C9H12N2O/c10-8-3-4-11-9-2-1-6(12)5-7(8)9/h1-2,5,8,11-12H,3-4,10H2. The summed E-state index contributed by atoms with van der Waals surface area (Å²) >= 11 is 0. The van der Waals surface area contributed by atoms with Crippen molar-refractivity contribution in [1.29, 1.82) is 0 Å². The molecule has 0 bridgehead atoms. The third kappa shape index (κ3) is 1.12. The number of anilines is 1. The van der Waals surface area contributed by atoms with Gasteiger partial charge in [0.2, 0.25) is 0 Å². The minimum atomic E-state index is 0.0633. The molecule has 0 spiro atoms. The van der Waals surface area contributed by atoms with Crippen molar-refractivity contribution >= 4 is 5.69 Å². The molecule has 4 N–H and O–H groups in total. The molecule has 1 aromatic rings. The number of phenols is 1. The number of aromatic hydroxyl groups is 1. The quantitative estimate of drug-likeness (QED) is 0.505. The van der Waals surface area contributed by atoms with Crippen molar-refractivity contribution in [1.82, 2.24) is 0 Å². The van der Waals surface area contributed by atoms with Gasteiger partial charge in [-0.25, -0.2) is 0 Å². The second-order valence-electron chi connectivity index (χ2n) is 3.09. The van der Waals surface area contributed by atoms with E-state index in [1.165, 1.54) is 0 Å². The molecule has 3 heteroatoms. The number of nitrogens with two attached hydrogens (primary N) is 1. The van der Waals surface area contributed by atoms with Crippen LogP contribution in [-0.4, -0.2) is 11.7 Å². The number of phenolic OH excluding ortho intramolecular Hbond substituents is 1. The highest BCUT2D eigenvalue weighted by atomic mass is 16.3. The zero-order valence-electron chi connectivity index (χ0n) is 6.75. The average molecular weight is 164 g/mol. The van der Waals surface area contributed by atoms with Crippen molar-refractivity contribution in [3.05, 3.63) is 23.8 Å². The number of hydrogen-bond donors (Lipinski definition) is 3. The first-order valence-electron chi connectivity index (χ1n) is 4.10. The van der Waals surface area contributed by atoms with Crippen molar-refractivity contribution < 1.29 is 5.11 Å². The lowest BCUT2D eigenvalue weighted by molar-refractivity contribution is 0.473. The van der Waals surface area contributed by atoms with E-state index < -0.39 is 0 Å². The van der Waals surface area contributed by atoms with E-state index in [0.717, 1.165) is 24.2 Å². The third-order valence-corrected chi connectivity index (χ3v) is 2.21. The third-order valence-electron chi connectivity index (χ3n) is 2.21. The van der Waals surface area contributed by atoms with E-state index in [1.807, 2.05) is 6.07 Å². The van der Waals surface area contributed by atoms with Crippen LogP contribution in [0.15, 0.2) is 18.2 Å². The first kappa shape index (κ1) is 7.43. The largest absolute Gasteiger partial charge is 0.508 e. The van der Waals surface area contributed by atoms with Gasteiger partial charge in [-0.3, -0.25) is 0 Å². The fraction of sp³-hybridized carbons (Fsp3) is 0.333. The van der Waals surface area contributed by atoms with Crippen LogP contribution < -0.4 is 11.1 Å². The Morgan fingerprint density at radius 1 is 1.50 bits per heavy atom. The summed E-state index contributed by atoms with van der Waals surface area (Å²) in [6.07, 6.45) is 0.927. The topological polar surface area (TPSA) is 58.3 Å². The van der Waals surface area contributed by atoms with Crippen LogP contribution >= 0.6 is 0 Å². The smallest absolute Gasteiger partial charge is 0.116 e. The van der Waals surface area contributed by atoms with Gasteiger partial charge in [-0.2, -0.15) is 0 Å². The average Bonchev–Trinajstić information content (AvgIpc) is 2.07. The van der Waals surface area contributed by atoms with Gasteiger partial charge in [0.1, 0.15) is 5.75 Å². The maximum atomic E-state index is 9.22. The van der Waals surface area contributed by atoms with Gasteiger partial charge in [0.25, 0.3) is 0 Å². The van der Waals surface area contributed by atoms with E-state index in [-0.39, 0.29) is 11.8 Å². The molecule has 1 heterocycles. The first-order valence-corrected chi connectivity index (χ1v) is 4.10. The summed E-state index contributed by atoms with van der Waals surface area (Å²) in [4.78, 5) is 0. The summed E-state index contributed by atoms with van der Waals surface area (Å²) in [5.74, 6) is 0.285. The van der Waals surface area contributed by atoms with E-state index in [2.05, 4.69) is 5.32 Å². The van der Waals surface area contributed by atoms with Gasteiger partial charge in [0.05, 0.1) is 0 Å². The molecule has 0 fully saturated rings. The van der Waals surface area contributed by atoms with Crippen molar-refractivity contribution in [3.8, 4) is 5.75 Å². The van der Waals surface area contributed by atoms with Crippen LogP contribution in [0.2, 0.25) is 0 Å². The zero-order valence-corrected chi connectivity index (χ0v) is 6.75.